The fourth-order valence-electron chi connectivity index (χ4n) is 5.01. The van der Waals surface area contributed by atoms with E-state index in [1.165, 1.54) is 24.2 Å². The Morgan fingerprint density at radius 1 is 1.22 bits per heavy atom. The Balaban J connectivity index is 1.28. The van der Waals surface area contributed by atoms with Gasteiger partial charge in [-0.1, -0.05) is 6.07 Å². The number of aromatic nitrogens is 5. The quantitative estimate of drug-likeness (QED) is 0.380. The molecule has 6 rings (SSSR count). The van der Waals surface area contributed by atoms with Gasteiger partial charge in [-0.3, -0.25) is 24.5 Å². The molecule has 5 aromatic heterocycles. The molecule has 10 heteroatoms. The smallest absolute Gasteiger partial charge is 0.261 e. The van der Waals surface area contributed by atoms with E-state index in [9.17, 15) is 9.59 Å². The molecule has 0 spiro atoms. The highest BCUT2D eigenvalue weighted by Crippen LogP contribution is 2.33. The molecule has 6 heterocycles. The van der Waals surface area contributed by atoms with E-state index in [4.69, 9.17) is 0 Å². The van der Waals surface area contributed by atoms with Crippen LogP contribution in [0.4, 0.5) is 0 Å². The van der Waals surface area contributed by atoms with Crippen molar-refractivity contribution in [1.82, 2.24) is 34.8 Å². The van der Waals surface area contributed by atoms with E-state index in [1.807, 2.05) is 31.5 Å². The number of aromatic amines is 1. The second kappa shape index (κ2) is 8.49. The third-order valence-corrected chi connectivity index (χ3v) is 8.24. The number of fused-ring (bicyclic) bond motifs is 5. The summed E-state index contributed by atoms with van der Waals surface area (Å²) < 4.78 is 1.72. The molecule has 36 heavy (non-hydrogen) atoms. The first-order chi connectivity index (χ1) is 17.3. The van der Waals surface area contributed by atoms with Gasteiger partial charge in [0.25, 0.3) is 11.5 Å². The second-order valence-corrected chi connectivity index (χ2v) is 11.0. The summed E-state index contributed by atoms with van der Waals surface area (Å²) in [5, 5.41) is 8.15. The number of aryl methyl sites for hydroxylation is 1. The van der Waals surface area contributed by atoms with Crippen LogP contribution in [0.2, 0.25) is 0 Å². The van der Waals surface area contributed by atoms with Gasteiger partial charge in [-0.15, -0.1) is 11.3 Å². The van der Waals surface area contributed by atoms with Crippen LogP contribution >= 0.6 is 11.3 Å². The minimum absolute atomic E-state index is 0.177. The number of rotatable bonds is 5. The van der Waals surface area contributed by atoms with E-state index in [2.05, 4.69) is 44.1 Å². The predicted molar refractivity (Wildman–Crippen MR) is 142 cm³/mol. The van der Waals surface area contributed by atoms with E-state index in [0.29, 0.717) is 34.0 Å². The summed E-state index contributed by atoms with van der Waals surface area (Å²) in [6.45, 7) is 8.86. The predicted octanol–water partition coefficient (Wildman–Crippen LogP) is 3.76. The molecule has 184 valence electrons. The first-order valence-electron chi connectivity index (χ1n) is 12.1. The number of pyridine rings is 3. The van der Waals surface area contributed by atoms with Crippen LogP contribution in [0.15, 0.2) is 41.6 Å². The average molecular weight is 502 g/mol. The molecular weight excluding hydrogens is 474 g/mol. The molecule has 9 nitrogen and oxygen atoms in total. The molecule has 0 unspecified atom stereocenters. The van der Waals surface area contributed by atoms with Gasteiger partial charge in [0.2, 0.25) is 0 Å². The third kappa shape index (κ3) is 3.86. The van der Waals surface area contributed by atoms with Crippen LogP contribution in [0.5, 0.6) is 0 Å². The number of H-pyrrole nitrogens is 1. The van der Waals surface area contributed by atoms with Crippen molar-refractivity contribution in [3.8, 4) is 10.4 Å². The summed E-state index contributed by atoms with van der Waals surface area (Å²) in [7, 11) is 0. The first kappa shape index (κ1) is 22.8. The van der Waals surface area contributed by atoms with Crippen molar-refractivity contribution in [1.29, 1.82) is 0 Å². The minimum atomic E-state index is -0.251. The topological polar surface area (TPSA) is 108 Å². The lowest BCUT2D eigenvalue weighted by Crippen LogP contribution is -2.43. The highest BCUT2D eigenvalue weighted by Gasteiger charge is 2.31. The molecule has 1 fully saturated rings. The number of carbonyl (C=O) groups is 1. The van der Waals surface area contributed by atoms with Crippen molar-refractivity contribution < 1.29 is 4.79 Å². The van der Waals surface area contributed by atoms with Gasteiger partial charge in [0.05, 0.1) is 16.0 Å². The summed E-state index contributed by atoms with van der Waals surface area (Å²) in [4.78, 5) is 41.8. The number of likely N-dealkylation sites (tertiary alicyclic amines) is 1. The molecule has 0 radical (unpaired) electrons. The summed E-state index contributed by atoms with van der Waals surface area (Å²) in [6, 6.07) is 5.64. The molecule has 1 amide bonds. The molecule has 1 saturated heterocycles. The minimum Gasteiger partial charge on any atom is -0.351 e. The van der Waals surface area contributed by atoms with Gasteiger partial charge in [0.15, 0.2) is 0 Å². The molecule has 0 bridgehead atoms. The Morgan fingerprint density at radius 3 is 2.83 bits per heavy atom. The van der Waals surface area contributed by atoms with E-state index < -0.39 is 0 Å². The van der Waals surface area contributed by atoms with Gasteiger partial charge in [-0.2, -0.15) is 5.10 Å². The molecule has 1 aliphatic rings. The van der Waals surface area contributed by atoms with Crippen molar-refractivity contribution in [3.63, 3.8) is 0 Å². The van der Waals surface area contributed by atoms with Crippen molar-refractivity contribution in [2.45, 2.75) is 39.2 Å². The van der Waals surface area contributed by atoms with Crippen LogP contribution in [-0.2, 0) is 0 Å². The third-order valence-electron chi connectivity index (χ3n) is 7.10. The van der Waals surface area contributed by atoms with Gasteiger partial charge >= 0.3 is 0 Å². The molecular formula is C26H27N7O2S. The van der Waals surface area contributed by atoms with Crippen molar-refractivity contribution in [2.75, 3.05) is 19.6 Å². The van der Waals surface area contributed by atoms with E-state index >= 15 is 0 Å². The van der Waals surface area contributed by atoms with Gasteiger partial charge in [0, 0.05) is 48.5 Å². The van der Waals surface area contributed by atoms with Crippen LogP contribution < -0.4 is 10.9 Å². The molecule has 0 saturated carbocycles. The van der Waals surface area contributed by atoms with Crippen LogP contribution in [0, 0.1) is 6.92 Å². The Labute approximate surface area is 211 Å². The molecule has 2 N–H and O–H groups in total. The van der Waals surface area contributed by atoms with Crippen molar-refractivity contribution >= 4 is 44.0 Å². The van der Waals surface area contributed by atoms with Crippen LogP contribution in [-0.4, -0.2) is 60.5 Å². The number of thiazole rings is 1. The monoisotopic (exact) mass is 501 g/mol. The van der Waals surface area contributed by atoms with Crippen molar-refractivity contribution in [2.24, 2.45) is 0 Å². The Bertz CT molecular complexity index is 1680. The van der Waals surface area contributed by atoms with E-state index in [-0.39, 0.29) is 17.0 Å². The number of nitrogens with zero attached hydrogens (tertiary/aromatic N) is 5. The number of hydrogen-bond donors (Lipinski definition) is 2. The standard InChI is InChI=1S/C26H27N7O2S/c1-15-5-6-16(12-28-15)19-14-33-25(36-19)20-22(31-33)21-18(30-24(20)35)11-17(13-29-21)23(34)27-8-10-32-9-4-7-26(32,2)3/h5-6,11-14H,4,7-10H2,1-3H3,(H,27,34)(H,30,35). The van der Waals surface area contributed by atoms with Gasteiger partial charge in [-0.25, -0.2) is 4.52 Å². The van der Waals surface area contributed by atoms with Gasteiger partial charge in [-0.05, 0) is 52.3 Å². The van der Waals surface area contributed by atoms with Crippen LogP contribution in [0.1, 0.15) is 42.7 Å². The second-order valence-electron chi connectivity index (χ2n) is 9.99. The highest BCUT2D eigenvalue weighted by atomic mass is 32.1. The zero-order chi connectivity index (χ0) is 25.0. The first-order valence-corrected chi connectivity index (χ1v) is 12.9. The summed E-state index contributed by atoms with van der Waals surface area (Å²) in [5.41, 5.74) is 3.84. The summed E-state index contributed by atoms with van der Waals surface area (Å²) in [6.07, 6.45) is 7.64. The summed E-state index contributed by atoms with van der Waals surface area (Å²) in [5.74, 6) is -0.204. The fraction of sp³-hybridized carbons (Fsp3) is 0.346. The Kier molecular flexibility index (Phi) is 5.38. The Hall–Kier alpha value is -3.63. The van der Waals surface area contributed by atoms with Crippen LogP contribution in [0.3, 0.4) is 0 Å². The molecule has 0 atom stereocenters. The Morgan fingerprint density at radius 2 is 2.08 bits per heavy atom. The van der Waals surface area contributed by atoms with E-state index in [1.54, 1.807) is 16.8 Å². The number of amides is 1. The number of nitrogens with one attached hydrogen (secondary N) is 2. The lowest BCUT2D eigenvalue weighted by Gasteiger charge is -2.31. The lowest BCUT2D eigenvalue weighted by atomic mass is 10.0. The number of carbonyl (C=O) groups excluding carboxylic acids is 1. The van der Waals surface area contributed by atoms with Gasteiger partial charge in [0.1, 0.15) is 21.3 Å². The maximum absolute atomic E-state index is 13.1. The molecule has 0 aliphatic carbocycles. The summed E-state index contributed by atoms with van der Waals surface area (Å²) >= 11 is 1.49. The van der Waals surface area contributed by atoms with E-state index in [0.717, 1.165) is 34.1 Å². The highest BCUT2D eigenvalue weighted by molar-refractivity contribution is 7.21. The number of hydrogen-bond acceptors (Lipinski definition) is 7. The molecule has 0 aromatic carbocycles. The van der Waals surface area contributed by atoms with Gasteiger partial charge < -0.3 is 10.3 Å². The maximum atomic E-state index is 13.1. The molecule has 1 aliphatic heterocycles. The van der Waals surface area contributed by atoms with Crippen molar-refractivity contribution in [3.05, 3.63) is 58.4 Å². The van der Waals surface area contributed by atoms with Crippen LogP contribution in [0.25, 0.3) is 37.2 Å². The zero-order valence-electron chi connectivity index (χ0n) is 20.5. The average Bonchev–Trinajstić information content (AvgIpc) is 3.51. The lowest BCUT2D eigenvalue weighted by molar-refractivity contribution is 0.0940. The maximum Gasteiger partial charge on any atom is 0.261 e. The normalized spacial score (nSPS) is 15.9. The largest absolute Gasteiger partial charge is 0.351 e. The molecule has 5 aromatic rings. The fourth-order valence-corrected chi connectivity index (χ4v) is 6.08. The zero-order valence-corrected chi connectivity index (χ0v) is 21.3. The SMILES string of the molecule is Cc1ccc(-c2cn3nc4c5ncc(C(=O)NCCN6CCCC6(C)C)cc5[nH]c(=O)c4c3s2)cn1.